The van der Waals surface area contributed by atoms with E-state index in [9.17, 15) is 0 Å². The minimum Gasteiger partial charge on any atom is -0.326 e. The summed E-state index contributed by atoms with van der Waals surface area (Å²) in [5.41, 5.74) is 8.82. The van der Waals surface area contributed by atoms with Gasteiger partial charge in [-0.1, -0.05) is 20.3 Å². The van der Waals surface area contributed by atoms with Gasteiger partial charge in [0, 0.05) is 19.1 Å². The third kappa shape index (κ3) is 3.93. The van der Waals surface area contributed by atoms with Crippen LogP contribution in [0.1, 0.15) is 31.4 Å². The molecule has 86 valence electrons. The molecule has 0 amide bonds. The van der Waals surface area contributed by atoms with Crippen molar-refractivity contribution in [3.63, 3.8) is 0 Å². The molecule has 3 heteroatoms. The normalized spacial score (nSPS) is 15.2. The van der Waals surface area contributed by atoms with Crippen LogP contribution >= 0.6 is 11.3 Å². The van der Waals surface area contributed by atoms with Crippen molar-refractivity contribution in [2.75, 3.05) is 6.54 Å². The maximum atomic E-state index is 6.05. The zero-order chi connectivity index (χ0) is 11.3. The fourth-order valence-electron chi connectivity index (χ4n) is 1.45. The van der Waals surface area contributed by atoms with E-state index in [1.54, 1.807) is 11.3 Å². The van der Waals surface area contributed by atoms with Gasteiger partial charge in [0.15, 0.2) is 0 Å². The van der Waals surface area contributed by atoms with E-state index in [1.807, 2.05) is 0 Å². The summed E-state index contributed by atoms with van der Waals surface area (Å²) in [7, 11) is 0. The molecule has 2 unspecified atom stereocenters. The topological polar surface area (TPSA) is 38.0 Å². The van der Waals surface area contributed by atoms with E-state index < -0.39 is 0 Å². The second-order valence-corrected chi connectivity index (χ2v) is 5.00. The largest absolute Gasteiger partial charge is 0.326 e. The molecule has 0 spiro atoms. The van der Waals surface area contributed by atoms with E-state index in [-0.39, 0.29) is 6.04 Å². The summed E-state index contributed by atoms with van der Waals surface area (Å²) in [6.45, 7) is 8.40. The maximum Gasteiger partial charge on any atom is 0.0217 e. The first-order valence-corrected chi connectivity index (χ1v) is 6.57. The summed E-state index contributed by atoms with van der Waals surface area (Å²) in [6, 6.07) is 0.272. The van der Waals surface area contributed by atoms with Crippen LogP contribution in [-0.4, -0.2) is 12.6 Å². The smallest absolute Gasteiger partial charge is 0.0217 e. The Bertz CT molecular complexity index is 283. The summed E-state index contributed by atoms with van der Waals surface area (Å²) in [4.78, 5) is 0. The number of aryl methyl sites for hydroxylation is 1. The van der Waals surface area contributed by atoms with Gasteiger partial charge in [0.2, 0.25) is 0 Å². The molecule has 2 atom stereocenters. The van der Waals surface area contributed by atoms with Crippen LogP contribution in [-0.2, 0) is 6.54 Å². The van der Waals surface area contributed by atoms with Gasteiger partial charge in [0.05, 0.1) is 0 Å². The molecule has 0 aromatic carbocycles. The molecule has 0 aliphatic carbocycles. The second-order valence-electron chi connectivity index (χ2n) is 4.26. The highest BCUT2D eigenvalue weighted by molar-refractivity contribution is 7.08. The quantitative estimate of drug-likeness (QED) is 0.782. The summed E-state index contributed by atoms with van der Waals surface area (Å²) in [5, 5.41) is 7.82. The van der Waals surface area contributed by atoms with Crippen molar-refractivity contribution in [2.45, 2.75) is 39.8 Å². The van der Waals surface area contributed by atoms with Gasteiger partial charge in [-0.2, -0.15) is 11.3 Å². The molecule has 1 aromatic rings. The number of nitrogens with one attached hydrogen (secondary N) is 1. The highest BCUT2D eigenvalue weighted by Crippen LogP contribution is 2.13. The minimum absolute atomic E-state index is 0.272. The molecule has 1 rings (SSSR count). The average Bonchev–Trinajstić information content (AvgIpc) is 2.63. The molecule has 3 N–H and O–H groups in total. The van der Waals surface area contributed by atoms with Crippen LogP contribution in [0.15, 0.2) is 10.8 Å². The Hall–Kier alpha value is -0.380. The van der Waals surface area contributed by atoms with Crippen molar-refractivity contribution in [1.82, 2.24) is 5.32 Å². The van der Waals surface area contributed by atoms with Gasteiger partial charge >= 0.3 is 0 Å². The van der Waals surface area contributed by atoms with Crippen molar-refractivity contribution in [2.24, 2.45) is 11.7 Å². The van der Waals surface area contributed by atoms with Crippen molar-refractivity contribution in [3.05, 3.63) is 21.9 Å². The van der Waals surface area contributed by atoms with Crippen LogP contribution in [0.2, 0.25) is 0 Å². The first kappa shape index (κ1) is 12.7. The lowest BCUT2D eigenvalue weighted by atomic mass is 10.0. The molecule has 0 saturated carbocycles. The molecular formula is C12H22N2S. The first-order valence-electron chi connectivity index (χ1n) is 5.63. The van der Waals surface area contributed by atoms with Crippen LogP contribution in [0.5, 0.6) is 0 Å². The Morgan fingerprint density at radius 2 is 2.20 bits per heavy atom. The van der Waals surface area contributed by atoms with Gasteiger partial charge in [-0.05, 0) is 34.7 Å². The zero-order valence-corrected chi connectivity index (χ0v) is 10.7. The first-order chi connectivity index (χ1) is 7.15. The van der Waals surface area contributed by atoms with Crippen molar-refractivity contribution in [1.29, 1.82) is 0 Å². The van der Waals surface area contributed by atoms with Crippen LogP contribution in [0.4, 0.5) is 0 Å². The van der Waals surface area contributed by atoms with E-state index in [2.05, 4.69) is 36.8 Å². The highest BCUT2D eigenvalue weighted by Gasteiger charge is 2.09. The molecule has 1 heterocycles. The fraction of sp³-hybridized carbons (Fsp3) is 0.667. The Morgan fingerprint density at radius 3 is 2.73 bits per heavy atom. The van der Waals surface area contributed by atoms with E-state index in [0.29, 0.717) is 5.92 Å². The van der Waals surface area contributed by atoms with Gasteiger partial charge in [0.25, 0.3) is 0 Å². The van der Waals surface area contributed by atoms with Gasteiger partial charge in [-0.15, -0.1) is 0 Å². The summed E-state index contributed by atoms with van der Waals surface area (Å²) < 4.78 is 0. The van der Waals surface area contributed by atoms with E-state index in [1.165, 1.54) is 11.1 Å². The average molecular weight is 226 g/mol. The van der Waals surface area contributed by atoms with Crippen LogP contribution in [0.3, 0.4) is 0 Å². The van der Waals surface area contributed by atoms with Gasteiger partial charge in [0.1, 0.15) is 0 Å². The van der Waals surface area contributed by atoms with E-state index >= 15 is 0 Å². The van der Waals surface area contributed by atoms with Gasteiger partial charge in [-0.3, -0.25) is 0 Å². The maximum absolute atomic E-state index is 6.05. The van der Waals surface area contributed by atoms with E-state index in [4.69, 9.17) is 5.73 Å². The Kier molecular flexibility index (Phi) is 5.29. The van der Waals surface area contributed by atoms with Gasteiger partial charge in [-0.25, -0.2) is 0 Å². The molecule has 0 fully saturated rings. The number of hydrogen-bond acceptors (Lipinski definition) is 3. The molecule has 0 aliphatic heterocycles. The number of thiophene rings is 1. The summed E-state index contributed by atoms with van der Waals surface area (Å²) in [6.07, 6.45) is 1.15. The summed E-state index contributed by atoms with van der Waals surface area (Å²) in [5.74, 6) is 0.598. The van der Waals surface area contributed by atoms with Crippen molar-refractivity contribution < 1.29 is 0 Å². The number of rotatable bonds is 6. The van der Waals surface area contributed by atoms with Crippen LogP contribution in [0, 0.1) is 12.8 Å². The number of hydrogen-bond donors (Lipinski definition) is 2. The molecule has 0 radical (unpaired) electrons. The Balaban J connectivity index is 2.25. The van der Waals surface area contributed by atoms with E-state index in [0.717, 1.165) is 19.5 Å². The van der Waals surface area contributed by atoms with Gasteiger partial charge < -0.3 is 11.1 Å². The van der Waals surface area contributed by atoms with Crippen molar-refractivity contribution in [3.8, 4) is 0 Å². The molecule has 0 aliphatic rings. The molecule has 15 heavy (non-hydrogen) atoms. The van der Waals surface area contributed by atoms with Crippen LogP contribution < -0.4 is 11.1 Å². The molecular weight excluding hydrogens is 204 g/mol. The minimum atomic E-state index is 0.272. The predicted molar refractivity (Wildman–Crippen MR) is 68.2 cm³/mol. The predicted octanol–water partition coefficient (Wildman–Crippen LogP) is 2.52. The number of nitrogens with two attached hydrogens (primary N) is 1. The standard InChI is InChI=1S/C12H22N2S/c1-4-9(2)12(13)6-14-5-11-8-15-7-10(11)3/h7-9,12,14H,4-6,13H2,1-3H3. The third-order valence-corrected chi connectivity index (χ3v) is 3.94. The molecule has 0 saturated heterocycles. The SMILES string of the molecule is CCC(C)C(N)CNCc1cscc1C. The van der Waals surface area contributed by atoms with Crippen LogP contribution in [0.25, 0.3) is 0 Å². The second kappa shape index (κ2) is 6.26. The Labute approximate surface area is 96.9 Å². The lowest BCUT2D eigenvalue weighted by molar-refractivity contribution is 0.418. The summed E-state index contributed by atoms with van der Waals surface area (Å²) >= 11 is 1.76. The Morgan fingerprint density at radius 1 is 1.47 bits per heavy atom. The lowest BCUT2D eigenvalue weighted by Crippen LogP contribution is -2.38. The fourth-order valence-corrected chi connectivity index (χ4v) is 2.30. The third-order valence-electron chi connectivity index (χ3n) is 3.03. The monoisotopic (exact) mass is 226 g/mol. The van der Waals surface area contributed by atoms with Crippen molar-refractivity contribution >= 4 is 11.3 Å². The molecule has 1 aromatic heterocycles. The molecule has 0 bridgehead atoms. The highest BCUT2D eigenvalue weighted by atomic mass is 32.1. The zero-order valence-electron chi connectivity index (χ0n) is 9.92. The molecule has 2 nitrogen and oxygen atoms in total. The lowest BCUT2D eigenvalue weighted by Gasteiger charge is -2.18.